The molecule has 1 amide bonds. The molecule has 0 aliphatic carbocycles. The molecule has 0 aliphatic rings. The Morgan fingerprint density at radius 2 is 2.05 bits per heavy atom. The first-order chi connectivity index (χ1) is 9.81. The lowest BCUT2D eigenvalue weighted by atomic mass is 10.1. The monoisotopic (exact) mass is 266 g/mol. The van der Waals surface area contributed by atoms with Gasteiger partial charge in [0, 0.05) is 6.20 Å². The first-order valence-electron chi connectivity index (χ1n) is 6.40. The summed E-state index contributed by atoms with van der Waals surface area (Å²) in [5, 5.41) is 2.86. The SMILES string of the molecule is O=C(Cc1ccccc1)NCc1nc2ccncc2[nH]1. The van der Waals surface area contributed by atoms with E-state index in [2.05, 4.69) is 20.3 Å². The molecular weight excluding hydrogens is 252 g/mol. The van der Waals surface area contributed by atoms with Crippen LogP contribution in [0.2, 0.25) is 0 Å². The zero-order valence-corrected chi connectivity index (χ0v) is 10.8. The lowest BCUT2D eigenvalue weighted by Gasteiger charge is -2.03. The van der Waals surface area contributed by atoms with Gasteiger partial charge < -0.3 is 10.3 Å². The van der Waals surface area contributed by atoms with Gasteiger partial charge in [0.2, 0.25) is 5.91 Å². The lowest BCUT2D eigenvalue weighted by molar-refractivity contribution is -0.120. The zero-order chi connectivity index (χ0) is 13.8. The van der Waals surface area contributed by atoms with Gasteiger partial charge in [0.05, 0.1) is 30.2 Å². The average Bonchev–Trinajstić information content (AvgIpc) is 2.89. The molecule has 2 N–H and O–H groups in total. The van der Waals surface area contributed by atoms with Crippen LogP contribution in [0.1, 0.15) is 11.4 Å². The molecule has 0 saturated carbocycles. The Morgan fingerprint density at radius 3 is 2.85 bits per heavy atom. The molecule has 0 saturated heterocycles. The van der Waals surface area contributed by atoms with Crippen molar-refractivity contribution < 1.29 is 4.79 Å². The van der Waals surface area contributed by atoms with Gasteiger partial charge in [-0.3, -0.25) is 9.78 Å². The Labute approximate surface area is 116 Å². The van der Waals surface area contributed by atoms with Crippen molar-refractivity contribution in [3.8, 4) is 0 Å². The number of hydrogen-bond acceptors (Lipinski definition) is 3. The van der Waals surface area contributed by atoms with E-state index in [1.807, 2.05) is 36.4 Å². The number of imidazole rings is 1. The molecule has 5 heteroatoms. The fourth-order valence-corrected chi connectivity index (χ4v) is 2.02. The molecule has 20 heavy (non-hydrogen) atoms. The second-order valence-corrected chi connectivity index (χ2v) is 4.52. The summed E-state index contributed by atoms with van der Waals surface area (Å²) in [4.78, 5) is 23.4. The molecule has 0 fully saturated rings. The smallest absolute Gasteiger partial charge is 0.224 e. The number of nitrogens with one attached hydrogen (secondary N) is 2. The molecule has 0 spiro atoms. The summed E-state index contributed by atoms with van der Waals surface area (Å²) >= 11 is 0. The van der Waals surface area contributed by atoms with Crippen LogP contribution in [-0.4, -0.2) is 20.9 Å². The Hall–Kier alpha value is -2.69. The Bertz CT molecular complexity index is 688. The maximum absolute atomic E-state index is 11.8. The number of carbonyl (C=O) groups is 1. The van der Waals surface area contributed by atoms with Gasteiger partial charge in [0.25, 0.3) is 0 Å². The Kier molecular flexibility index (Phi) is 3.41. The van der Waals surface area contributed by atoms with Crippen LogP contribution >= 0.6 is 0 Å². The van der Waals surface area contributed by atoms with E-state index >= 15 is 0 Å². The predicted molar refractivity (Wildman–Crippen MR) is 75.9 cm³/mol. The molecule has 0 unspecified atom stereocenters. The van der Waals surface area contributed by atoms with Gasteiger partial charge in [0.15, 0.2) is 0 Å². The van der Waals surface area contributed by atoms with E-state index in [9.17, 15) is 4.79 Å². The van der Waals surface area contributed by atoms with Crippen LogP contribution in [0.25, 0.3) is 11.0 Å². The van der Waals surface area contributed by atoms with Crippen LogP contribution in [0.15, 0.2) is 48.8 Å². The zero-order valence-electron chi connectivity index (χ0n) is 10.8. The minimum absolute atomic E-state index is 0.0187. The highest BCUT2D eigenvalue weighted by atomic mass is 16.1. The van der Waals surface area contributed by atoms with Gasteiger partial charge in [-0.2, -0.15) is 0 Å². The van der Waals surface area contributed by atoms with Crippen molar-refractivity contribution in [3.63, 3.8) is 0 Å². The number of pyridine rings is 1. The van der Waals surface area contributed by atoms with Gasteiger partial charge in [-0.25, -0.2) is 4.98 Å². The van der Waals surface area contributed by atoms with Crippen LogP contribution in [0.5, 0.6) is 0 Å². The second kappa shape index (κ2) is 5.52. The number of nitrogens with zero attached hydrogens (tertiary/aromatic N) is 2. The minimum Gasteiger partial charge on any atom is -0.349 e. The van der Waals surface area contributed by atoms with Crippen LogP contribution in [0, 0.1) is 0 Å². The van der Waals surface area contributed by atoms with E-state index in [-0.39, 0.29) is 5.91 Å². The molecule has 0 atom stereocenters. The van der Waals surface area contributed by atoms with E-state index in [4.69, 9.17) is 0 Å². The van der Waals surface area contributed by atoms with Gasteiger partial charge in [-0.15, -0.1) is 0 Å². The number of aromatic nitrogens is 3. The quantitative estimate of drug-likeness (QED) is 0.756. The third-order valence-electron chi connectivity index (χ3n) is 2.99. The topological polar surface area (TPSA) is 70.7 Å². The summed E-state index contributed by atoms with van der Waals surface area (Å²) in [6, 6.07) is 11.5. The molecular formula is C15H14N4O. The third-order valence-corrected chi connectivity index (χ3v) is 2.99. The van der Waals surface area contributed by atoms with E-state index in [1.54, 1.807) is 12.4 Å². The van der Waals surface area contributed by atoms with Crippen molar-refractivity contribution in [1.29, 1.82) is 0 Å². The number of hydrogen-bond donors (Lipinski definition) is 2. The molecule has 0 radical (unpaired) electrons. The number of fused-ring (bicyclic) bond motifs is 1. The number of carbonyl (C=O) groups excluding carboxylic acids is 1. The number of aromatic amines is 1. The van der Waals surface area contributed by atoms with Gasteiger partial charge in [-0.05, 0) is 11.6 Å². The van der Waals surface area contributed by atoms with Crippen molar-refractivity contribution in [1.82, 2.24) is 20.3 Å². The van der Waals surface area contributed by atoms with Gasteiger partial charge >= 0.3 is 0 Å². The van der Waals surface area contributed by atoms with Gasteiger partial charge in [0.1, 0.15) is 5.82 Å². The maximum Gasteiger partial charge on any atom is 0.224 e. The van der Waals surface area contributed by atoms with E-state index in [1.165, 1.54) is 0 Å². The summed E-state index contributed by atoms with van der Waals surface area (Å²) in [6.45, 7) is 0.389. The molecule has 3 rings (SSSR count). The Balaban J connectivity index is 1.60. The summed E-state index contributed by atoms with van der Waals surface area (Å²) in [5.74, 6) is 0.712. The summed E-state index contributed by atoms with van der Waals surface area (Å²) in [7, 11) is 0. The molecule has 100 valence electrons. The van der Waals surface area contributed by atoms with Crippen molar-refractivity contribution in [2.45, 2.75) is 13.0 Å². The average molecular weight is 266 g/mol. The largest absolute Gasteiger partial charge is 0.349 e. The Morgan fingerprint density at radius 1 is 1.20 bits per heavy atom. The highest BCUT2D eigenvalue weighted by molar-refractivity contribution is 5.78. The number of rotatable bonds is 4. The first kappa shape index (κ1) is 12.3. The normalized spacial score (nSPS) is 10.6. The molecule has 0 bridgehead atoms. The maximum atomic E-state index is 11.8. The van der Waals surface area contributed by atoms with Crippen molar-refractivity contribution >= 4 is 16.9 Å². The minimum atomic E-state index is -0.0187. The van der Waals surface area contributed by atoms with Crippen LogP contribution in [0.3, 0.4) is 0 Å². The molecule has 5 nitrogen and oxygen atoms in total. The lowest BCUT2D eigenvalue weighted by Crippen LogP contribution is -2.25. The van der Waals surface area contributed by atoms with Crippen molar-refractivity contribution in [2.24, 2.45) is 0 Å². The number of benzene rings is 1. The van der Waals surface area contributed by atoms with Crippen LogP contribution in [0.4, 0.5) is 0 Å². The highest BCUT2D eigenvalue weighted by Gasteiger charge is 2.05. The van der Waals surface area contributed by atoms with E-state index in [0.717, 1.165) is 22.4 Å². The van der Waals surface area contributed by atoms with Gasteiger partial charge in [-0.1, -0.05) is 30.3 Å². The predicted octanol–water partition coefficient (Wildman–Crippen LogP) is 1.82. The van der Waals surface area contributed by atoms with Crippen molar-refractivity contribution in [2.75, 3.05) is 0 Å². The summed E-state index contributed by atoms with van der Waals surface area (Å²) in [6.07, 6.45) is 3.79. The summed E-state index contributed by atoms with van der Waals surface area (Å²) in [5.41, 5.74) is 2.73. The third kappa shape index (κ3) is 2.83. The fraction of sp³-hybridized carbons (Fsp3) is 0.133. The van der Waals surface area contributed by atoms with E-state index in [0.29, 0.717) is 13.0 Å². The van der Waals surface area contributed by atoms with Crippen molar-refractivity contribution in [3.05, 3.63) is 60.2 Å². The molecule has 2 aromatic heterocycles. The molecule has 0 aliphatic heterocycles. The molecule has 2 heterocycles. The first-order valence-corrected chi connectivity index (χ1v) is 6.40. The molecule has 3 aromatic rings. The second-order valence-electron chi connectivity index (χ2n) is 4.52. The molecule has 1 aromatic carbocycles. The number of H-pyrrole nitrogens is 1. The van der Waals surface area contributed by atoms with E-state index < -0.39 is 0 Å². The highest BCUT2D eigenvalue weighted by Crippen LogP contribution is 2.08. The fourth-order valence-electron chi connectivity index (χ4n) is 2.02. The number of amides is 1. The van der Waals surface area contributed by atoms with Crippen LogP contribution in [-0.2, 0) is 17.8 Å². The summed E-state index contributed by atoms with van der Waals surface area (Å²) < 4.78 is 0. The standard InChI is InChI=1S/C15H14N4O/c20-15(8-11-4-2-1-3-5-11)17-10-14-18-12-6-7-16-9-13(12)19-14/h1-7,9H,8,10H2,(H,17,20)(H,18,19). The van der Waals surface area contributed by atoms with Crippen LogP contribution < -0.4 is 5.32 Å².